The van der Waals surface area contributed by atoms with Crippen LogP contribution in [0.4, 0.5) is 0 Å². The lowest BCUT2D eigenvalue weighted by molar-refractivity contribution is 0.285. The largest absolute Gasteiger partial charge is 0.496 e. The summed E-state index contributed by atoms with van der Waals surface area (Å²) in [6.07, 6.45) is 0. The van der Waals surface area contributed by atoms with Gasteiger partial charge in [-0.15, -0.1) is 11.3 Å². The highest BCUT2D eigenvalue weighted by Crippen LogP contribution is 2.39. The maximum atomic E-state index is 9.09. The molecule has 1 N–H and O–H groups in total. The SMILES string of the molecule is COc1ccc(OC)c2sc(CO)cc12. The lowest BCUT2D eigenvalue weighted by Crippen LogP contribution is -1.86. The summed E-state index contributed by atoms with van der Waals surface area (Å²) in [5.41, 5.74) is 0. The molecule has 0 aliphatic heterocycles. The van der Waals surface area contributed by atoms with Crippen molar-refractivity contribution < 1.29 is 14.6 Å². The first kappa shape index (κ1) is 10.3. The molecule has 0 atom stereocenters. The monoisotopic (exact) mass is 224 g/mol. The molecule has 80 valence electrons. The Hall–Kier alpha value is -1.26. The van der Waals surface area contributed by atoms with Gasteiger partial charge in [-0.2, -0.15) is 0 Å². The second kappa shape index (κ2) is 4.08. The molecule has 0 aliphatic carbocycles. The molecule has 0 fully saturated rings. The summed E-state index contributed by atoms with van der Waals surface area (Å²) >= 11 is 1.52. The molecule has 0 aliphatic rings. The summed E-state index contributed by atoms with van der Waals surface area (Å²) < 4.78 is 11.5. The summed E-state index contributed by atoms with van der Waals surface area (Å²) in [5, 5.41) is 10.1. The van der Waals surface area contributed by atoms with E-state index < -0.39 is 0 Å². The van der Waals surface area contributed by atoms with E-state index >= 15 is 0 Å². The van der Waals surface area contributed by atoms with Gasteiger partial charge in [0.1, 0.15) is 11.5 Å². The maximum absolute atomic E-state index is 9.09. The molecule has 4 heteroatoms. The van der Waals surface area contributed by atoms with E-state index in [0.717, 1.165) is 26.5 Å². The van der Waals surface area contributed by atoms with Gasteiger partial charge in [0.25, 0.3) is 0 Å². The van der Waals surface area contributed by atoms with Gasteiger partial charge >= 0.3 is 0 Å². The molecule has 1 aromatic carbocycles. The summed E-state index contributed by atoms with van der Waals surface area (Å²) in [7, 11) is 3.27. The van der Waals surface area contributed by atoms with Gasteiger partial charge in [-0.3, -0.25) is 0 Å². The molecule has 0 amide bonds. The van der Waals surface area contributed by atoms with Crippen molar-refractivity contribution in [2.45, 2.75) is 6.61 Å². The van der Waals surface area contributed by atoms with Gasteiger partial charge in [-0.05, 0) is 18.2 Å². The van der Waals surface area contributed by atoms with Crippen molar-refractivity contribution in [3.8, 4) is 11.5 Å². The van der Waals surface area contributed by atoms with Gasteiger partial charge in [-0.1, -0.05) is 0 Å². The fourth-order valence-electron chi connectivity index (χ4n) is 1.54. The molecular weight excluding hydrogens is 212 g/mol. The van der Waals surface area contributed by atoms with Crippen LogP contribution in [0.3, 0.4) is 0 Å². The summed E-state index contributed by atoms with van der Waals surface area (Å²) in [5.74, 6) is 1.62. The number of rotatable bonds is 3. The Balaban J connectivity index is 2.71. The lowest BCUT2D eigenvalue weighted by atomic mass is 10.2. The minimum absolute atomic E-state index is 0.0473. The van der Waals surface area contributed by atoms with Crippen molar-refractivity contribution in [3.05, 3.63) is 23.1 Å². The quantitative estimate of drug-likeness (QED) is 0.870. The molecule has 15 heavy (non-hydrogen) atoms. The van der Waals surface area contributed by atoms with Crippen molar-refractivity contribution in [1.29, 1.82) is 0 Å². The zero-order chi connectivity index (χ0) is 10.8. The first-order valence-electron chi connectivity index (χ1n) is 4.54. The van der Waals surface area contributed by atoms with Crippen LogP contribution in [0, 0.1) is 0 Å². The van der Waals surface area contributed by atoms with Crippen LogP contribution < -0.4 is 9.47 Å². The van der Waals surface area contributed by atoms with Crippen molar-refractivity contribution in [2.24, 2.45) is 0 Å². The number of thiophene rings is 1. The third-order valence-electron chi connectivity index (χ3n) is 2.25. The summed E-state index contributed by atoms with van der Waals surface area (Å²) in [6, 6.07) is 5.68. The molecule has 0 unspecified atom stereocenters. The number of benzene rings is 1. The topological polar surface area (TPSA) is 38.7 Å². The van der Waals surface area contributed by atoms with Crippen LogP contribution in [0.15, 0.2) is 18.2 Å². The zero-order valence-electron chi connectivity index (χ0n) is 8.61. The van der Waals surface area contributed by atoms with Crippen molar-refractivity contribution in [2.75, 3.05) is 14.2 Å². The van der Waals surface area contributed by atoms with Gasteiger partial charge in [0.2, 0.25) is 0 Å². The number of fused-ring (bicyclic) bond motifs is 1. The minimum Gasteiger partial charge on any atom is -0.496 e. The number of methoxy groups -OCH3 is 2. The predicted octanol–water partition coefficient (Wildman–Crippen LogP) is 2.41. The van der Waals surface area contributed by atoms with E-state index in [1.54, 1.807) is 14.2 Å². The van der Waals surface area contributed by atoms with Crippen LogP contribution in [0.2, 0.25) is 0 Å². The second-order valence-electron chi connectivity index (χ2n) is 3.08. The van der Waals surface area contributed by atoms with E-state index in [4.69, 9.17) is 14.6 Å². The average molecular weight is 224 g/mol. The third-order valence-corrected chi connectivity index (χ3v) is 3.39. The Morgan fingerprint density at radius 1 is 1.20 bits per heavy atom. The Labute approximate surface area is 91.9 Å². The first-order valence-corrected chi connectivity index (χ1v) is 5.36. The number of hydrogen-bond donors (Lipinski definition) is 1. The molecule has 1 aromatic heterocycles. The normalized spacial score (nSPS) is 10.6. The van der Waals surface area contributed by atoms with E-state index in [0.29, 0.717) is 0 Å². The molecule has 0 saturated carbocycles. The fraction of sp³-hybridized carbons (Fsp3) is 0.273. The Morgan fingerprint density at radius 2 is 1.87 bits per heavy atom. The van der Waals surface area contributed by atoms with E-state index in [-0.39, 0.29) is 6.61 Å². The molecule has 0 saturated heterocycles. The number of aliphatic hydroxyl groups is 1. The molecule has 0 bridgehead atoms. The van der Waals surface area contributed by atoms with Gasteiger partial charge in [0, 0.05) is 10.3 Å². The van der Waals surface area contributed by atoms with Crippen LogP contribution in [-0.2, 0) is 6.61 Å². The van der Waals surface area contributed by atoms with Gasteiger partial charge in [-0.25, -0.2) is 0 Å². The number of aliphatic hydroxyl groups excluding tert-OH is 1. The Bertz CT molecular complexity index is 435. The molecule has 1 heterocycles. The van der Waals surface area contributed by atoms with Crippen LogP contribution in [-0.4, -0.2) is 19.3 Å². The summed E-state index contributed by atoms with van der Waals surface area (Å²) in [4.78, 5) is 0.910. The third kappa shape index (κ3) is 1.66. The Morgan fingerprint density at radius 3 is 2.47 bits per heavy atom. The van der Waals surface area contributed by atoms with Gasteiger partial charge < -0.3 is 14.6 Å². The lowest BCUT2D eigenvalue weighted by Gasteiger charge is -2.04. The maximum Gasteiger partial charge on any atom is 0.136 e. The minimum atomic E-state index is 0.0473. The Kier molecular flexibility index (Phi) is 2.79. The molecular formula is C11H12O3S. The smallest absolute Gasteiger partial charge is 0.136 e. The predicted molar refractivity (Wildman–Crippen MR) is 60.9 cm³/mol. The van der Waals surface area contributed by atoms with E-state index in [1.807, 2.05) is 18.2 Å². The zero-order valence-corrected chi connectivity index (χ0v) is 9.43. The molecule has 0 spiro atoms. The highest BCUT2D eigenvalue weighted by molar-refractivity contribution is 7.19. The van der Waals surface area contributed by atoms with E-state index in [1.165, 1.54) is 11.3 Å². The van der Waals surface area contributed by atoms with Gasteiger partial charge in [0.05, 0.1) is 25.5 Å². The average Bonchev–Trinajstić information content (AvgIpc) is 2.71. The molecule has 3 nitrogen and oxygen atoms in total. The van der Waals surface area contributed by atoms with Gasteiger partial charge in [0.15, 0.2) is 0 Å². The first-order chi connectivity index (χ1) is 7.30. The van der Waals surface area contributed by atoms with E-state index in [9.17, 15) is 0 Å². The van der Waals surface area contributed by atoms with E-state index in [2.05, 4.69) is 0 Å². The molecule has 2 aromatic rings. The highest BCUT2D eigenvalue weighted by Gasteiger charge is 2.10. The number of hydrogen-bond acceptors (Lipinski definition) is 4. The standard InChI is InChI=1S/C11H12O3S/c1-13-9-3-4-10(14-2)11-8(9)5-7(6-12)15-11/h3-5,12H,6H2,1-2H3. The van der Waals surface area contributed by atoms with Crippen molar-refractivity contribution in [1.82, 2.24) is 0 Å². The van der Waals surface area contributed by atoms with Crippen LogP contribution in [0.5, 0.6) is 11.5 Å². The van der Waals surface area contributed by atoms with Crippen LogP contribution in [0.25, 0.3) is 10.1 Å². The van der Waals surface area contributed by atoms with Crippen molar-refractivity contribution >= 4 is 21.4 Å². The highest BCUT2D eigenvalue weighted by atomic mass is 32.1. The molecule has 2 rings (SSSR count). The van der Waals surface area contributed by atoms with Crippen LogP contribution in [0.1, 0.15) is 4.88 Å². The van der Waals surface area contributed by atoms with Crippen molar-refractivity contribution in [3.63, 3.8) is 0 Å². The molecule has 0 radical (unpaired) electrons. The fourth-order valence-corrected chi connectivity index (χ4v) is 2.57. The second-order valence-corrected chi connectivity index (χ2v) is 4.22. The summed E-state index contributed by atoms with van der Waals surface area (Å²) in [6.45, 7) is 0.0473. The van der Waals surface area contributed by atoms with Crippen LogP contribution >= 0.6 is 11.3 Å². The number of ether oxygens (including phenoxy) is 2.